The summed E-state index contributed by atoms with van der Waals surface area (Å²) in [4.78, 5) is 12.0. The highest BCUT2D eigenvalue weighted by atomic mass is 16.3. The molecule has 20 heavy (non-hydrogen) atoms. The van der Waals surface area contributed by atoms with Gasteiger partial charge in [-0.3, -0.25) is 4.79 Å². The quantitative estimate of drug-likeness (QED) is 0.626. The summed E-state index contributed by atoms with van der Waals surface area (Å²) in [7, 11) is 0. The molecule has 0 heterocycles. The third kappa shape index (κ3) is 2.02. The smallest absolute Gasteiger partial charge is 0.211 e. The maximum Gasteiger partial charge on any atom is 0.211 e. The number of carbonyl (C=O) groups is 1. The Hall–Kier alpha value is -1.75. The van der Waals surface area contributed by atoms with Crippen molar-refractivity contribution in [2.75, 3.05) is 0 Å². The zero-order valence-corrected chi connectivity index (χ0v) is 11.9. The first-order valence-corrected chi connectivity index (χ1v) is 7.36. The van der Waals surface area contributed by atoms with Crippen molar-refractivity contribution >= 4 is 5.78 Å². The minimum Gasteiger partial charge on any atom is -0.508 e. The SMILES string of the molecule is C#CC(=O)[C@@]1(C)CC[C@@H]2c3ccc(O)cc3CC[C@H]2C1. The Kier molecular flexibility index (Phi) is 3.09. The van der Waals surface area contributed by atoms with Crippen LogP contribution < -0.4 is 0 Å². The van der Waals surface area contributed by atoms with E-state index in [0.717, 1.165) is 32.1 Å². The number of carbonyl (C=O) groups excluding carboxylic acids is 1. The van der Waals surface area contributed by atoms with Gasteiger partial charge in [-0.2, -0.15) is 0 Å². The number of terminal acetylenes is 1. The van der Waals surface area contributed by atoms with E-state index in [1.165, 1.54) is 11.1 Å². The van der Waals surface area contributed by atoms with Crippen LogP contribution in [0.15, 0.2) is 18.2 Å². The molecule has 2 aliphatic rings. The lowest BCUT2D eigenvalue weighted by Gasteiger charge is -2.44. The molecule has 2 heteroatoms. The van der Waals surface area contributed by atoms with E-state index >= 15 is 0 Å². The van der Waals surface area contributed by atoms with Crippen LogP contribution in [0.3, 0.4) is 0 Å². The molecule has 0 spiro atoms. The average molecular weight is 268 g/mol. The molecule has 3 atom stereocenters. The molecule has 0 aromatic heterocycles. The third-order valence-electron chi connectivity index (χ3n) is 5.28. The van der Waals surface area contributed by atoms with Crippen molar-refractivity contribution < 1.29 is 9.90 Å². The Labute approximate surface area is 120 Å². The first kappa shape index (κ1) is 13.2. The van der Waals surface area contributed by atoms with E-state index in [-0.39, 0.29) is 11.2 Å². The summed E-state index contributed by atoms with van der Waals surface area (Å²) in [6.45, 7) is 2.03. The van der Waals surface area contributed by atoms with Gasteiger partial charge in [-0.15, -0.1) is 6.42 Å². The second-order valence-electron chi connectivity index (χ2n) is 6.57. The number of ketones is 1. The van der Waals surface area contributed by atoms with Gasteiger partial charge in [-0.05, 0) is 73.1 Å². The van der Waals surface area contributed by atoms with Crippen LogP contribution in [0.2, 0.25) is 0 Å². The molecule has 0 bridgehead atoms. The first-order chi connectivity index (χ1) is 9.53. The lowest BCUT2D eigenvalue weighted by molar-refractivity contribution is -0.125. The van der Waals surface area contributed by atoms with Crippen molar-refractivity contribution in [1.82, 2.24) is 0 Å². The summed E-state index contributed by atoms with van der Waals surface area (Å²) in [5.74, 6) is 3.71. The second-order valence-corrected chi connectivity index (χ2v) is 6.57. The Bertz CT molecular complexity index is 596. The van der Waals surface area contributed by atoms with E-state index in [1.807, 2.05) is 13.0 Å². The van der Waals surface area contributed by atoms with E-state index < -0.39 is 0 Å². The zero-order chi connectivity index (χ0) is 14.3. The number of fused-ring (bicyclic) bond motifs is 3. The number of aromatic hydroxyl groups is 1. The number of rotatable bonds is 1. The summed E-state index contributed by atoms with van der Waals surface area (Å²) in [5.41, 5.74) is 2.32. The molecule has 0 unspecified atom stereocenters. The summed E-state index contributed by atoms with van der Waals surface area (Å²) in [6, 6.07) is 5.74. The van der Waals surface area contributed by atoms with Crippen LogP contribution in [0.4, 0.5) is 0 Å². The van der Waals surface area contributed by atoms with Gasteiger partial charge in [0.25, 0.3) is 0 Å². The van der Waals surface area contributed by atoms with Crippen LogP contribution >= 0.6 is 0 Å². The standard InChI is InChI=1S/C18H20O2/c1-3-17(20)18(2)9-8-16-13(11-18)5-4-12-10-14(19)6-7-15(12)16/h1,6-7,10,13,16,19H,4-5,8-9,11H2,2H3/t13-,16-,18-/m0/s1. The van der Waals surface area contributed by atoms with Gasteiger partial charge in [-0.1, -0.05) is 13.0 Å². The molecule has 1 N–H and O–H groups in total. The van der Waals surface area contributed by atoms with Gasteiger partial charge in [0.05, 0.1) is 0 Å². The highest BCUT2D eigenvalue weighted by molar-refractivity contribution is 5.99. The van der Waals surface area contributed by atoms with Crippen molar-refractivity contribution in [2.45, 2.75) is 44.9 Å². The monoisotopic (exact) mass is 268 g/mol. The lowest BCUT2D eigenvalue weighted by Crippen LogP contribution is -2.38. The zero-order valence-electron chi connectivity index (χ0n) is 11.9. The number of Topliss-reactive ketones (excluding diaryl/α,β-unsaturated/α-hetero) is 1. The number of hydrogen-bond acceptors (Lipinski definition) is 2. The highest BCUT2D eigenvalue weighted by Gasteiger charge is 2.43. The highest BCUT2D eigenvalue weighted by Crippen LogP contribution is 2.51. The van der Waals surface area contributed by atoms with Crippen molar-refractivity contribution in [3.63, 3.8) is 0 Å². The number of aryl methyl sites for hydroxylation is 1. The van der Waals surface area contributed by atoms with Gasteiger partial charge >= 0.3 is 0 Å². The van der Waals surface area contributed by atoms with Crippen LogP contribution in [0.5, 0.6) is 5.75 Å². The molecular weight excluding hydrogens is 248 g/mol. The third-order valence-corrected chi connectivity index (χ3v) is 5.28. The molecule has 2 aliphatic carbocycles. The summed E-state index contributed by atoms with van der Waals surface area (Å²) < 4.78 is 0. The molecule has 1 fully saturated rings. The number of hydrogen-bond donors (Lipinski definition) is 1. The molecule has 104 valence electrons. The van der Waals surface area contributed by atoms with Crippen molar-refractivity contribution in [3.05, 3.63) is 29.3 Å². The van der Waals surface area contributed by atoms with Crippen LogP contribution in [0.1, 0.15) is 49.7 Å². The maximum atomic E-state index is 12.0. The largest absolute Gasteiger partial charge is 0.508 e. The van der Waals surface area contributed by atoms with E-state index in [0.29, 0.717) is 17.6 Å². The fourth-order valence-electron chi connectivity index (χ4n) is 4.14. The lowest BCUT2D eigenvalue weighted by atomic mass is 9.59. The predicted molar refractivity (Wildman–Crippen MR) is 78.5 cm³/mol. The van der Waals surface area contributed by atoms with E-state index in [4.69, 9.17) is 6.42 Å². The summed E-state index contributed by atoms with van der Waals surface area (Å²) >= 11 is 0. The van der Waals surface area contributed by atoms with Crippen LogP contribution in [0.25, 0.3) is 0 Å². The number of phenols is 1. The Morgan fingerprint density at radius 1 is 1.45 bits per heavy atom. The Morgan fingerprint density at radius 3 is 3.00 bits per heavy atom. The molecule has 0 radical (unpaired) electrons. The number of phenolic OH excluding ortho intramolecular Hbond substituents is 1. The average Bonchev–Trinajstić information content (AvgIpc) is 2.45. The van der Waals surface area contributed by atoms with Crippen molar-refractivity contribution in [2.24, 2.45) is 11.3 Å². The summed E-state index contributed by atoms with van der Waals surface area (Å²) in [5, 5.41) is 9.61. The van der Waals surface area contributed by atoms with Crippen molar-refractivity contribution in [1.29, 1.82) is 0 Å². The van der Waals surface area contributed by atoms with E-state index in [2.05, 4.69) is 12.0 Å². The molecule has 0 aliphatic heterocycles. The molecule has 1 aromatic rings. The van der Waals surface area contributed by atoms with Gasteiger partial charge in [0.2, 0.25) is 5.78 Å². The maximum absolute atomic E-state index is 12.0. The molecule has 1 saturated carbocycles. The van der Waals surface area contributed by atoms with Gasteiger partial charge < -0.3 is 5.11 Å². The van der Waals surface area contributed by atoms with Crippen LogP contribution in [0, 0.1) is 23.7 Å². The molecular formula is C18H20O2. The molecule has 1 aromatic carbocycles. The van der Waals surface area contributed by atoms with Gasteiger partial charge in [0.1, 0.15) is 5.75 Å². The van der Waals surface area contributed by atoms with Gasteiger partial charge in [0, 0.05) is 5.41 Å². The minimum absolute atomic E-state index is 0.0348. The molecule has 0 amide bonds. The van der Waals surface area contributed by atoms with E-state index in [1.54, 1.807) is 6.07 Å². The van der Waals surface area contributed by atoms with Crippen LogP contribution in [-0.2, 0) is 11.2 Å². The van der Waals surface area contributed by atoms with Crippen LogP contribution in [-0.4, -0.2) is 10.9 Å². The first-order valence-electron chi connectivity index (χ1n) is 7.36. The van der Waals surface area contributed by atoms with Gasteiger partial charge in [-0.25, -0.2) is 0 Å². The predicted octanol–water partition coefficient (Wildman–Crippen LogP) is 3.43. The molecule has 0 saturated heterocycles. The fourth-order valence-corrected chi connectivity index (χ4v) is 4.14. The second kappa shape index (κ2) is 4.66. The van der Waals surface area contributed by atoms with Crippen molar-refractivity contribution in [3.8, 4) is 18.1 Å². The normalized spacial score (nSPS) is 31.8. The number of benzene rings is 1. The molecule has 2 nitrogen and oxygen atoms in total. The Morgan fingerprint density at radius 2 is 2.25 bits per heavy atom. The fraction of sp³-hybridized carbons (Fsp3) is 0.500. The topological polar surface area (TPSA) is 37.3 Å². The Balaban J connectivity index is 1.88. The van der Waals surface area contributed by atoms with E-state index in [9.17, 15) is 9.90 Å². The molecule has 3 rings (SSSR count). The minimum atomic E-state index is -0.329. The van der Waals surface area contributed by atoms with Gasteiger partial charge in [0.15, 0.2) is 0 Å². The summed E-state index contributed by atoms with van der Waals surface area (Å²) in [6.07, 6.45) is 10.2.